The van der Waals surface area contributed by atoms with Crippen molar-refractivity contribution in [2.75, 3.05) is 0 Å². The van der Waals surface area contributed by atoms with Crippen LogP contribution in [0.15, 0.2) is 77.3 Å². The normalized spacial score (nSPS) is 11.1. The predicted octanol–water partition coefficient (Wildman–Crippen LogP) is 5.25. The van der Waals surface area contributed by atoms with Crippen LogP contribution >= 0.6 is 15.9 Å². The topological polar surface area (TPSA) is 29.3 Å². The van der Waals surface area contributed by atoms with E-state index in [0.717, 1.165) is 35.2 Å². The van der Waals surface area contributed by atoms with Crippen molar-refractivity contribution >= 4 is 15.9 Å². The SMILES string of the molecule is NCc1ccc(CN(Cc2ccc(F)cc2)Cc2cccc(Br)c2)cc1. The Bertz CT molecular complexity index is 832. The lowest BCUT2D eigenvalue weighted by atomic mass is 10.1. The molecule has 0 aliphatic heterocycles. The zero-order chi connectivity index (χ0) is 18.4. The molecule has 0 aromatic heterocycles. The van der Waals surface area contributed by atoms with Crippen LogP contribution < -0.4 is 5.73 Å². The summed E-state index contributed by atoms with van der Waals surface area (Å²) in [5.74, 6) is -0.204. The van der Waals surface area contributed by atoms with Gasteiger partial charge in [-0.3, -0.25) is 4.90 Å². The highest BCUT2D eigenvalue weighted by molar-refractivity contribution is 9.10. The van der Waals surface area contributed by atoms with Crippen LogP contribution in [0.2, 0.25) is 0 Å². The molecule has 2 N–H and O–H groups in total. The predicted molar refractivity (Wildman–Crippen MR) is 108 cm³/mol. The van der Waals surface area contributed by atoms with Crippen LogP contribution in [0.4, 0.5) is 4.39 Å². The fourth-order valence-electron chi connectivity index (χ4n) is 2.95. The van der Waals surface area contributed by atoms with E-state index in [9.17, 15) is 4.39 Å². The van der Waals surface area contributed by atoms with E-state index in [1.165, 1.54) is 23.3 Å². The van der Waals surface area contributed by atoms with Crippen LogP contribution in [0.25, 0.3) is 0 Å². The Morgan fingerprint density at radius 2 is 1.27 bits per heavy atom. The van der Waals surface area contributed by atoms with Gasteiger partial charge >= 0.3 is 0 Å². The molecule has 26 heavy (non-hydrogen) atoms. The molecule has 4 heteroatoms. The van der Waals surface area contributed by atoms with E-state index in [0.29, 0.717) is 6.54 Å². The van der Waals surface area contributed by atoms with Gasteiger partial charge in [-0.15, -0.1) is 0 Å². The van der Waals surface area contributed by atoms with Gasteiger partial charge in [0.1, 0.15) is 5.82 Å². The molecule has 0 aliphatic rings. The summed E-state index contributed by atoms with van der Waals surface area (Å²) in [5.41, 5.74) is 10.4. The Kier molecular flexibility index (Phi) is 6.56. The van der Waals surface area contributed by atoms with E-state index in [1.807, 2.05) is 24.3 Å². The first-order valence-electron chi connectivity index (χ1n) is 8.61. The third-order valence-corrected chi connectivity index (χ3v) is 4.77. The molecule has 0 atom stereocenters. The minimum Gasteiger partial charge on any atom is -0.326 e. The maximum atomic E-state index is 13.2. The molecule has 0 spiro atoms. The standard InChI is InChI=1S/C22H22BrFN2/c23-21-3-1-2-20(12-21)16-26(15-19-8-10-22(24)11-9-19)14-18-6-4-17(13-25)5-7-18/h1-12H,13-16,25H2. The molecule has 0 bridgehead atoms. The molecule has 0 fully saturated rings. The molecular formula is C22H22BrFN2. The molecule has 0 saturated carbocycles. The summed E-state index contributed by atoms with van der Waals surface area (Å²) in [6.45, 7) is 2.94. The molecule has 3 aromatic carbocycles. The van der Waals surface area contributed by atoms with Crippen molar-refractivity contribution in [2.24, 2.45) is 5.73 Å². The van der Waals surface area contributed by atoms with Crippen LogP contribution in [0.3, 0.4) is 0 Å². The van der Waals surface area contributed by atoms with Crippen LogP contribution in [-0.4, -0.2) is 4.90 Å². The average Bonchev–Trinajstić information content (AvgIpc) is 2.64. The van der Waals surface area contributed by atoms with Crippen molar-refractivity contribution in [2.45, 2.75) is 26.2 Å². The van der Waals surface area contributed by atoms with E-state index in [1.54, 1.807) is 0 Å². The zero-order valence-corrected chi connectivity index (χ0v) is 16.1. The van der Waals surface area contributed by atoms with Gasteiger partial charge in [-0.1, -0.05) is 64.5 Å². The van der Waals surface area contributed by atoms with Gasteiger partial charge in [-0.25, -0.2) is 4.39 Å². The van der Waals surface area contributed by atoms with Crippen molar-refractivity contribution in [3.63, 3.8) is 0 Å². The molecule has 0 unspecified atom stereocenters. The van der Waals surface area contributed by atoms with E-state index in [4.69, 9.17) is 5.73 Å². The first-order chi connectivity index (χ1) is 12.6. The fourth-order valence-corrected chi connectivity index (χ4v) is 3.39. The fraction of sp³-hybridized carbons (Fsp3) is 0.182. The number of nitrogens with two attached hydrogens (primary N) is 1. The van der Waals surface area contributed by atoms with Crippen molar-refractivity contribution in [1.29, 1.82) is 0 Å². The van der Waals surface area contributed by atoms with Gasteiger partial charge in [0.15, 0.2) is 0 Å². The monoisotopic (exact) mass is 412 g/mol. The Hall–Kier alpha value is -2.01. The molecule has 3 aromatic rings. The first kappa shape index (κ1) is 18.8. The smallest absolute Gasteiger partial charge is 0.123 e. The summed E-state index contributed by atoms with van der Waals surface area (Å²) in [6, 6.07) is 23.5. The lowest BCUT2D eigenvalue weighted by Crippen LogP contribution is -2.22. The Labute approximate surface area is 162 Å². The van der Waals surface area contributed by atoms with Gasteiger partial charge < -0.3 is 5.73 Å². The highest BCUT2D eigenvalue weighted by Gasteiger charge is 2.09. The van der Waals surface area contributed by atoms with E-state index < -0.39 is 0 Å². The van der Waals surface area contributed by atoms with E-state index >= 15 is 0 Å². The van der Waals surface area contributed by atoms with Crippen LogP contribution in [0.5, 0.6) is 0 Å². The number of halogens is 2. The van der Waals surface area contributed by atoms with E-state index in [2.05, 4.69) is 57.2 Å². The zero-order valence-electron chi connectivity index (χ0n) is 14.5. The molecule has 0 saturated heterocycles. The van der Waals surface area contributed by atoms with E-state index in [-0.39, 0.29) is 5.82 Å². The average molecular weight is 413 g/mol. The summed E-state index contributed by atoms with van der Waals surface area (Å²) in [7, 11) is 0. The molecule has 0 heterocycles. The second-order valence-corrected chi connectivity index (χ2v) is 7.34. The highest BCUT2D eigenvalue weighted by Crippen LogP contribution is 2.18. The summed E-state index contributed by atoms with van der Waals surface area (Å²) < 4.78 is 14.3. The van der Waals surface area contributed by atoms with Gasteiger partial charge in [-0.05, 0) is 46.5 Å². The Morgan fingerprint density at radius 1 is 0.731 bits per heavy atom. The van der Waals surface area contributed by atoms with Gasteiger partial charge in [0, 0.05) is 30.7 Å². The summed E-state index contributed by atoms with van der Waals surface area (Å²) >= 11 is 3.54. The maximum absolute atomic E-state index is 13.2. The van der Waals surface area contributed by atoms with Gasteiger partial charge in [0.05, 0.1) is 0 Å². The molecule has 134 valence electrons. The number of rotatable bonds is 7. The van der Waals surface area contributed by atoms with Gasteiger partial charge in [0.25, 0.3) is 0 Å². The van der Waals surface area contributed by atoms with Crippen LogP contribution in [0.1, 0.15) is 22.3 Å². The number of hydrogen-bond acceptors (Lipinski definition) is 2. The largest absolute Gasteiger partial charge is 0.326 e. The molecule has 0 amide bonds. The van der Waals surface area contributed by atoms with Crippen LogP contribution in [0, 0.1) is 5.82 Å². The van der Waals surface area contributed by atoms with Gasteiger partial charge in [0.2, 0.25) is 0 Å². The van der Waals surface area contributed by atoms with Crippen molar-refractivity contribution < 1.29 is 4.39 Å². The van der Waals surface area contributed by atoms with Gasteiger partial charge in [-0.2, -0.15) is 0 Å². The summed E-state index contributed by atoms with van der Waals surface area (Å²) in [5, 5.41) is 0. The second-order valence-electron chi connectivity index (χ2n) is 6.42. The minimum atomic E-state index is -0.204. The first-order valence-corrected chi connectivity index (χ1v) is 9.41. The Morgan fingerprint density at radius 3 is 1.85 bits per heavy atom. The molecule has 0 radical (unpaired) electrons. The van der Waals surface area contributed by atoms with Crippen molar-refractivity contribution in [3.8, 4) is 0 Å². The lowest BCUT2D eigenvalue weighted by Gasteiger charge is -2.23. The van der Waals surface area contributed by atoms with Crippen LogP contribution in [-0.2, 0) is 26.2 Å². The molecule has 3 rings (SSSR count). The summed E-state index contributed by atoms with van der Waals surface area (Å²) in [6.07, 6.45) is 0. The summed E-state index contributed by atoms with van der Waals surface area (Å²) in [4.78, 5) is 2.35. The molecular weight excluding hydrogens is 391 g/mol. The quantitative estimate of drug-likeness (QED) is 0.573. The highest BCUT2D eigenvalue weighted by atomic mass is 79.9. The molecule has 2 nitrogen and oxygen atoms in total. The maximum Gasteiger partial charge on any atom is 0.123 e. The minimum absolute atomic E-state index is 0.204. The Balaban J connectivity index is 1.78. The van der Waals surface area contributed by atoms with Crippen molar-refractivity contribution in [1.82, 2.24) is 4.90 Å². The lowest BCUT2D eigenvalue weighted by molar-refractivity contribution is 0.247. The third kappa shape index (κ3) is 5.49. The number of nitrogens with zero attached hydrogens (tertiary/aromatic N) is 1. The number of hydrogen-bond donors (Lipinski definition) is 1. The van der Waals surface area contributed by atoms with Crippen molar-refractivity contribution in [3.05, 3.63) is 105 Å². The third-order valence-electron chi connectivity index (χ3n) is 4.28. The molecule has 0 aliphatic carbocycles. The number of benzene rings is 3. The second kappa shape index (κ2) is 9.08.